The minimum atomic E-state index is -3.84. The maximum absolute atomic E-state index is 12.4. The summed E-state index contributed by atoms with van der Waals surface area (Å²) in [6.45, 7) is 3.79. The van der Waals surface area contributed by atoms with Gasteiger partial charge in [0, 0.05) is 0 Å². The van der Waals surface area contributed by atoms with Crippen molar-refractivity contribution >= 4 is 33.2 Å². The first-order valence-electron chi connectivity index (χ1n) is 7.64. The topological polar surface area (TPSA) is 84.5 Å². The van der Waals surface area contributed by atoms with Crippen molar-refractivity contribution in [2.75, 3.05) is 11.9 Å². The number of hydrogen-bond donors (Lipinski definition) is 2. The van der Waals surface area contributed by atoms with Crippen molar-refractivity contribution in [1.29, 1.82) is 0 Å². The Balaban J connectivity index is 2.06. The lowest BCUT2D eigenvalue weighted by Gasteiger charge is -2.15. The summed E-state index contributed by atoms with van der Waals surface area (Å²) < 4.78 is 32.4. The molecule has 0 fully saturated rings. The number of nitrogens with one attached hydrogen (secondary N) is 2. The second kappa shape index (κ2) is 8.33. The number of para-hydroxylation sites is 1. The molecule has 2 aromatic carbocycles. The third-order valence-corrected chi connectivity index (χ3v) is 5.19. The number of benzene rings is 2. The molecule has 2 N–H and O–H groups in total. The zero-order chi connectivity index (χ0) is 18.4. The molecule has 1 atom stereocenters. The molecule has 0 saturated heterocycles. The molecule has 0 bridgehead atoms. The highest BCUT2D eigenvalue weighted by atomic mass is 35.5. The van der Waals surface area contributed by atoms with Crippen LogP contribution in [-0.2, 0) is 14.8 Å². The first kappa shape index (κ1) is 19.2. The van der Waals surface area contributed by atoms with Crippen LogP contribution >= 0.6 is 11.6 Å². The van der Waals surface area contributed by atoms with Crippen LogP contribution in [0.3, 0.4) is 0 Å². The van der Waals surface area contributed by atoms with E-state index >= 15 is 0 Å². The zero-order valence-corrected chi connectivity index (χ0v) is 15.4. The smallest absolute Gasteiger partial charge is 0.242 e. The average Bonchev–Trinajstić information content (AvgIpc) is 2.57. The van der Waals surface area contributed by atoms with Gasteiger partial charge in [0.25, 0.3) is 0 Å². The normalized spacial score (nSPS) is 12.4. The number of sulfonamides is 1. The lowest BCUT2D eigenvalue weighted by Crippen LogP contribution is -2.41. The molecule has 0 aliphatic heterocycles. The van der Waals surface area contributed by atoms with Gasteiger partial charge in [-0.3, -0.25) is 4.79 Å². The fraction of sp³-hybridized carbons (Fsp3) is 0.235. The van der Waals surface area contributed by atoms with Crippen LogP contribution in [0.4, 0.5) is 5.69 Å². The molecule has 0 heterocycles. The molecule has 2 rings (SSSR count). The van der Waals surface area contributed by atoms with Crippen molar-refractivity contribution in [1.82, 2.24) is 4.72 Å². The standard InChI is InChI=1S/C17H19ClN2O4S/c1-3-24-13-8-10-14(11-9-13)25(22,23)20-12(2)17(21)19-16-7-5-4-6-15(16)18/h4-12,20H,3H2,1-2H3,(H,19,21)/t12-/m0/s1. The lowest BCUT2D eigenvalue weighted by atomic mass is 10.3. The van der Waals surface area contributed by atoms with E-state index in [9.17, 15) is 13.2 Å². The molecule has 0 unspecified atom stereocenters. The molecule has 8 heteroatoms. The van der Waals surface area contributed by atoms with Crippen LogP contribution in [0.15, 0.2) is 53.4 Å². The van der Waals surface area contributed by atoms with Crippen molar-refractivity contribution < 1.29 is 17.9 Å². The van der Waals surface area contributed by atoms with Gasteiger partial charge in [-0.25, -0.2) is 8.42 Å². The summed E-state index contributed by atoms with van der Waals surface area (Å²) in [5.41, 5.74) is 0.418. The van der Waals surface area contributed by atoms with E-state index in [-0.39, 0.29) is 4.90 Å². The second-order valence-electron chi connectivity index (χ2n) is 5.22. The van der Waals surface area contributed by atoms with E-state index in [0.29, 0.717) is 23.1 Å². The van der Waals surface area contributed by atoms with Crippen molar-refractivity contribution in [3.05, 3.63) is 53.6 Å². The van der Waals surface area contributed by atoms with Crippen LogP contribution in [-0.4, -0.2) is 27.0 Å². The first-order valence-corrected chi connectivity index (χ1v) is 9.50. The Bertz CT molecular complexity index is 838. The van der Waals surface area contributed by atoms with Crippen LogP contribution in [0.2, 0.25) is 5.02 Å². The molecular weight excluding hydrogens is 364 g/mol. The Morgan fingerprint density at radius 3 is 2.40 bits per heavy atom. The Labute approximate surface area is 152 Å². The van der Waals surface area contributed by atoms with Crippen molar-refractivity contribution in [2.24, 2.45) is 0 Å². The third kappa shape index (κ3) is 5.19. The summed E-state index contributed by atoms with van der Waals surface area (Å²) in [7, 11) is -3.84. The summed E-state index contributed by atoms with van der Waals surface area (Å²) in [6, 6.07) is 11.7. The van der Waals surface area contributed by atoms with Gasteiger partial charge in [-0.05, 0) is 50.2 Å². The van der Waals surface area contributed by atoms with E-state index in [0.717, 1.165) is 0 Å². The van der Waals surface area contributed by atoms with Gasteiger partial charge in [-0.15, -0.1) is 0 Å². The summed E-state index contributed by atoms with van der Waals surface area (Å²) in [5.74, 6) is 0.0635. The van der Waals surface area contributed by atoms with E-state index in [2.05, 4.69) is 10.0 Å². The molecule has 0 aliphatic rings. The highest BCUT2D eigenvalue weighted by Crippen LogP contribution is 2.21. The Hall–Kier alpha value is -2.09. The van der Waals surface area contributed by atoms with Gasteiger partial charge in [0.05, 0.1) is 28.3 Å². The fourth-order valence-corrected chi connectivity index (χ4v) is 3.43. The van der Waals surface area contributed by atoms with Gasteiger partial charge >= 0.3 is 0 Å². The number of amides is 1. The van der Waals surface area contributed by atoms with E-state index in [4.69, 9.17) is 16.3 Å². The monoisotopic (exact) mass is 382 g/mol. The Kier molecular flexibility index (Phi) is 6.41. The summed E-state index contributed by atoms with van der Waals surface area (Å²) >= 11 is 5.98. The number of carbonyl (C=O) groups excluding carboxylic acids is 1. The molecule has 1 amide bonds. The van der Waals surface area contributed by atoms with Gasteiger partial charge < -0.3 is 10.1 Å². The van der Waals surface area contributed by atoms with E-state index in [1.165, 1.54) is 19.1 Å². The quantitative estimate of drug-likeness (QED) is 0.770. The Morgan fingerprint density at radius 2 is 1.80 bits per heavy atom. The highest BCUT2D eigenvalue weighted by Gasteiger charge is 2.22. The van der Waals surface area contributed by atoms with Gasteiger partial charge in [0.15, 0.2) is 0 Å². The van der Waals surface area contributed by atoms with Crippen molar-refractivity contribution in [3.63, 3.8) is 0 Å². The van der Waals surface area contributed by atoms with Gasteiger partial charge in [-0.2, -0.15) is 4.72 Å². The average molecular weight is 383 g/mol. The molecular formula is C17H19ClN2O4S. The van der Waals surface area contributed by atoms with Crippen molar-refractivity contribution in [3.8, 4) is 5.75 Å². The highest BCUT2D eigenvalue weighted by molar-refractivity contribution is 7.89. The molecule has 25 heavy (non-hydrogen) atoms. The van der Waals surface area contributed by atoms with Gasteiger partial charge in [0.1, 0.15) is 5.75 Å². The number of rotatable bonds is 7. The SMILES string of the molecule is CCOc1ccc(S(=O)(=O)N[C@@H](C)C(=O)Nc2ccccc2Cl)cc1. The van der Waals surface area contributed by atoms with E-state index < -0.39 is 22.0 Å². The molecule has 0 saturated carbocycles. The number of hydrogen-bond acceptors (Lipinski definition) is 4. The Morgan fingerprint density at radius 1 is 1.16 bits per heavy atom. The third-order valence-electron chi connectivity index (χ3n) is 3.30. The minimum absolute atomic E-state index is 0.0494. The first-order chi connectivity index (χ1) is 11.8. The summed E-state index contributed by atoms with van der Waals surface area (Å²) in [6.07, 6.45) is 0. The number of ether oxygens (including phenoxy) is 1. The maximum atomic E-state index is 12.4. The van der Waals surface area contributed by atoms with Gasteiger partial charge in [0.2, 0.25) is 15.9 Å². The maximum Gasteiger partial charge on any atom is 0.242 e. The predicted molar refractivity (Wildman–Crippen MR) is 97.5 cm³/mol. The van der Waals surface area contributed by atoms with Crippen LogP contribution in [0.5, 0.6) is 5.75 Å². The second-order valence-corrected chi connectivity index (χ2v) is 7.34. The lowest BCUT2D eigenvalue weighted by molar-refractivity contribution is -0.117. The van der Waals surface area contributed by atoms with Crippen LogP contribution in [0, 0.1) is 0 Å². The van der Waals surface area contributed by atoms with Gasteiger partial charge in [-0.1, -0.05) is 23.7 Å². The van der Waals surface area contributed by atoms with Crippen molar-refractivity contribution in [2.45, 2.75) is 24.8 Å². The minimum Gasteiger partial charge on any atom is -0.494 e. The van der Waals surface area contributed by atoms with Crippen LogP contribution < -0.4 is 14.8 Å². The molecule has 0 radical (unpaired) electrons. The number of halogens is 1. The molecule has 6 nitrogen and oxygen atoms in total. The zero-order valence-electron chi connectivity index (χ0n) is 13.8. The van der Waals surface area contributed by atoms with Crippen LogP contribution in [0.1, 0.15) is 13.8 Å². The number of carbonyl (C=O) groups is 1. The summed E-state index contributed by atoms with van der Waals surface area (Å²) in [4.78, 5) is 12.2. The van der Waals surface area contributed by atoms with Crippen LogP contribution in [0.25, 0.3) is 0 Å². The molecule has 134 valence electrons. The van der Waals surface area contributed by atoms with E-state index in [1.807, 2.05) is 6.92 Å². The fourth-order valence-electron chi connectivity index (χ4n) is 2.04. The number of anilines is 1. The molecule has 2 aromatic rings. The molecule has 0 spiro atoms. The molecule has 0 aromatic heterocycles. The predicted octanol–water partition coefficient (Wildman–Crippen LogP) is 3.04. The van der Waals surface area contributed by atoms with E-state index in [1.54, 1.807) is 36.4 Å². The largest absolute Gasteiger partial charge is 0.494 e. The molecule has 0 aliphatic carbocycles. The summed E-state index contributed by atoms with van der Waals surface area (Å²) in [5, 5.41) is 2.96.